The largest absolute Gasteiger partial charge is 0.338 e. The van der Waals surface area contributed by atoms with E-state index in [1.54, 1.807) is 30.3 Å². The highest BCUT2D eigenvalue weighted by Gasteiger charge is 2.39. The molecule has 0 bridgehead atoms. The predicted molar refractivity (Wildman–Crippen MR) is 90.1 cm³/mol. The maximum Gasteiger partial charge on any atom is 0.231 e. The number of nitrogens with zero attached hydrogens (tertiary/aromatic N) is 2. The first-order chi connectivity index (χ1) is 11.5. The second-order valence-electron chi connectivity index (χ2n) is 5.91. The van der Waals surface area contributed by atoms with Crippen LogP contribution in [0.2, 0.25) is 0 Å². The van der Waals surface area contributed by atoms with Crippen LogP contribution in [0.4, 0.5) is 9.52 Å². The number of hydrogen-bond donors (Lipinski definition) is 1. The molecule has 1 N–H and O–H groups in total. The molecule has 1 saturated heterocycles. The zero-order valence-electron chi connectivity index (χ0n) is 13.5. The van der Waals surface area contributed by atoms with Crippen molar-refractivity contribution < 1.29 is 14.0 Å². The van der Waals surface area contributed by atoms with E-state index in [1.807, 2.05) is 6.92 Å². The minimum atomic E-state index is -0.409. The maximum atomic E-state index is 13.2. The third-order valence-corrected chi connectivity index (χ3v) is 5.09. The van der Waals surface area contributed by atoms with Crippen LogP contribution >= 0.6 is 11.3 Å². The summed E-state index contributed by atoms with van der Waals surface area (Å²) in [5.74, 6) is -0.929. The minimum absolute atomic E-state index is 0.0153. The lowest BCUT2D eigenvalue weighted by Gasteiger charge is -2.38. The number of carbonyl (C=O) groups excluding carboxylic acids is 2. The van der Waals surface area contributed by atoms with Crippen molar-refractivity contribution in [1.82, 2.24) is 9.88 Å². The molecule has 0 unspecified atom stereocenters. The molecule has 1 aliphatic rings. The van der Waals surface area contributed by atoms with E-state index < -0.39 is 12.0 Å². The molecular weight excluding hydrogens is 329 g/mol. The number of nitrogens with one attached hydrogen (secondary N) is 1. The third-order valence-electron chi connectivity index (χ3n) is 4.26. The number of hydrogen-bond acceptors (Lipinski definition) is 4. The molecule has 2 atom stereocenters. The Hall–Kier alpha value is -2.28. The number of rotatable bonds is 3. The molecule has 1 fully saturated rings. The summed E-state index contributed by atoms with van der Waals surface area (Å²) >= 11 is 1.41. The van der Waals surface area contributed by atoms with E-state index in [2.05, 4.69) is 10.3 Å². The number of halogens is 1. The van der Waals surface area contributed by atoms with E-state index in [4.69, 9.17) is 0 Å². The van der Waals surface area contributed by atoms with Gasteiger partial charge in [0.25, 0.3) is 0 Å². The van der Waals surface area contributed by atoms with Crippen LogP contribution in [0, 0.1) is 18.7 Å². The normalized spacial score (nSPS) is 21.0. The van der Waals surface area contributed by atoms with Crippen molar-refractivity contribution in [3.05, 3.63) is 46.7 Å². The Morgan fingerprint density at radius 2 is 2.08 bits per heavy atom. The summed E-state index contributed by atoms with van der Waals surface area (Å²) in [6.45, 7) is 1.92. The molecule has 0 spiro atoms. The highest BCUT2D eigenvalue weighted by Crippen LogP contribution is 2.36. The maximum absolute atomic E-state index is 13.2. The van der Waals surface area contributed by atoms with Crippen molar-refractivity contribution >= 4 is 28.3 Å². The van der Waals surface area contributed by atoms with Gasteiger partial charge in [-0.3, -0.25) is 9.59 Å². The molecule has 3 rings (SSSR count). The van der Waals surface area contributed by atoms with Crippen molar-refractivity contribution in [1.29, 1.82) is 0 Å². The Morgan fingerprint density at radius 3 is 2.71 bits per heavy atom. The smallest absolute Gasteiger partial charge is 0.231 e. The fourth-order valence-electron chi connectivity index (χ4n) is 3.04. The van der Waals surface area contributed by atoms with E-state index in [9.17, 15) is 14.0 Å². The Morgan fingerprint density at radius 1 is 1.38 bits per heavy atom. The van der Waals surface area contributed by atoms with Gasteiger partial charge in [0.2, 0.25) is 11.8 Å². The lowest BCUT2D eigenvalue weighted by Crippen LogP contribution is -2.44. The molecular formula is C17H18FN3O2S. The number of benzene rings is 1. The molecule has 2 aromatic rings. The van der Waals surface area contributed by atoms with Crippen molar-refractivity contribution in [2.75, 3.05) is 12.4 Å². The van der Waals surface area contributed by atoms with Gasteiger partial charge < -0.3 is 10.2 Å². The van der Waals surface area contributed by atoms with E-state index in [0.29, 0.717) is 18.0 Å². The third kappa shape index (κ3) is 3.31. The molecule has 126 valence electrons. The number of anilines is 1. The van der Waals surface area contributed by atoms with Crippen LogP contribution in [0.3, 0.4) is 0 Å². The number of piperidine rings is 1. The second-order valence-corrected chi connectivity index (χ2v) is 7.15. The number of likely N-dealkylation sites (tertiary alicyclic amines) is 1. The first kappa shape index (κ1) is 16.6. The average molecular weight is 347 g/mol. The summed E-state index contributed by atoms with van der Waals surface area (Å²) in [6.07, 6.45) is 2.48. The summed E-state index contributed by atoms with van der Waals surface area (Å²) in [6, 6.07) is 5.54. The fraction of sp³-hybridized carbons (Fsp3) is 0.353. The lowest BCUT2D eigenvalue weighted by atomic mass is 9.84. The predicted octanol–water partition coefficient (Wildman–Crippen LogP) is 3.14. The Kier molecular flexibility index (Phi) is 4.62. The summed E-state index contributed by atoms with van der Waals surface area (Å²) in [4.78, 5) is 31.5. The molecule has 5 nitrogen and oxygen atoms in total. The molecule has 0 radical (unpaired) electrons. The molecule has 0 aliphatic carbocycles. The monoisotopic (exact) mass is 347 g/mol. The van der Waals surface area contributed by atoms with Gasteiger partial charge in [0.15, 0.2) is 5.13 Å². The topological polar surface area (TPSA) is 62.3 Å². The first-order valence-electron chi connectivity index (χ1n) is 7.70. The Bertz CT molecular complexity index is 759. The van der Waals surface area contributed by atoms with Crippen LogP contribution in [0.15, 0.2) is 30.5 Å². The zero-order valence-corrected chi connectivity index (χ0v) is 14.3. The molecule has 2 amide bonds. The fourth-order valence-corrected chi connectivity index (χ4v) is 3.71. The van der Waals surface area contributed by atoms with Crippen LogP contribution < -0.4 is 5.32 Å². The molecule has 24 heavy (non-hydrogen) atoms. The number of amides is 2. The second kappa shape index (κ2) is 6.68. The van der Waals surface area contributed by atoms with Crippen molar-refractivity contribution in [3.8, 4) is 0 Å². The lowest BCUT2D eigenvalue weighted by molar-refractivity contribution is -0.140. The van der Waals surface area contributed by atoms with Crippen LogP contribution in [-0.4, -0.2) is 28.7 Å². The van der Waals surface area contributed by atoms with Crippen LogP contribution in [0.25, 0.3) is 0 Å². The molecule has 1 aromatic carbocycles. The molecule has 2 heterocycles. The highest BCUT2D eigenvalue weighted by molar-refractivity contribution is 7.15. The van der Waals surface area contributed by atoms with Gasteiger partial charge in [-0.2, -0.15) is 0 Å². The molecule has 7 heteroatoms. The van der Waals surface area contributed by atoms with Gasteiger partial charge in [-0.1, -0.05) is 12.1 Å². The Labute approximate surface area is 143 Å². The van der Waals surface area contributed by atoms with Crippen LogP contribution in [-0.2, 0) is 9.59 Å². The Balaban J connectivity index is 1.86. The van der Waals surface area contributed by atoms with Crippen molar-refractivity contribution in [3.63, 3.8) is 0 Å². The zero-order chi connectivity index (χ0) is 17.3. The standard InChI is InChI=1S/C17H18FN3O2S/c1-10-9-19-17(24-10)20-16(23)13-7-8-14(22)21(2)15(13)11-3-5-12(18)6-4-11/h3-6,9,13,15H,7-8H2,1-2H3,(H,19,20,23)/t13-,15-/m1/s1. The van der Waals surface area contributed by atoms with E-state index in [1.165, 1.54) is 23.5 Å². The average Bonchev–Trinajstić information content (AvgIpc) is 2.96. The van der Waals surface area contributed by atoms with Gasteiger partial charge in [0.05, 0.1) is 12.0 Å². The van der Waals surface area contributed by atoms with E-state index in [-0.39, 0.29) is 17.6 Å². The highest BCUT2D eigenvalue weighted by atomic mass is 32.1. The summed E-state index contributed by atoms with van der Waals surface area (Å²) < 4.78 is 13.2. The number of carbonyl (C=O) groups is 2. The van der Waals surface area contributed by atoms with E-state index >= 15 is 0 Å². The number of aromatic nitrogens is 1. The van der Waals surface area contributed by atoms with Gasteiger partial charge >= 0.3 is 0 Å². The van der Waals surface area contributed by atoms with Crippen LogP contribution in [0.1, 0.15) is 29.3 Å². The van der Waals surface area contributed by atoms with Gasteiger partial charge in [-0.05, 0) is 31.0 Å². The van der Waals surface area contributed by atoms with Gasteiger partial charge in [-0.15, -0.1) is 11.3 Å². The van der Waals surface area contributed by atoms with Crippen molar-refractivity contribution in [2.24, 2.45) is 5.92 Å². The SMILES string of the molecule is Cc1cnc(NC(=O)[C@@H]2CCC(=O)N(C)[C@@H]2c2ccc(F)cc2)s1. The molecule has 1 aliphatic heterocycles. The number of aryl methyl sites for hydroxylation is 1. The molecule has 1 aromatic heterocycles. The first-order valence-corrected chi connectivity index (χ1v) is 8.52. The van der Waals surface area contributed by atoms with Crippen LogP contribution in [0.5, 0.6) is 0 Å². The van der Waals surface area contributed by atoms with Gasteiger partial charge in [-0.25, -0.2) is 9.37 Å². The quantitative estimate of drug-likeness (QED) is 0.928. The summed E-state index contributed by atoms with van der Waals surface area (Å²) in [7, 11) is 1.68. The van der Waals surface area contributed by atoms with E-state index in [0.717, 1.165) is 10.4 Å². The number of thiazole rings is 1. The summed E-state index contributed by atoms with van der Waals surface area (Å²) in [5.41, 5.74) is 0.752. The van der Waals surface area contributed by atoms with Gasteiger partial charge in [0.1, 0.15) is 5.82 Å². The van der Waals surface area contributed by atoms with Crippen molar-refractivity contribution in [2.45, 2.75) is 25.8 Å². The minimum Gasteiger partial charge on any atom is -0.338 e. The van der Waals surface area contributed by atoms with Gasteiger partial charge in [0, 0.05) is 24.5 Å². The summed E-state index contributed by atoms with van der Waals surface area (Å²) in [5, 5.41) is 3.39. The molecule has 0 saturated carbocycles.